The Kier molecular flexibility index (Phi) is 6.39. The van der Waals surface area contributed by atoms with Gasteiger partial charge in [-0.05, 0) is 43.9 Å². The van der Waals surface area contributed by atoms with Gasteiger partial charge in [0, 0.05) is 18.8 Å². The van der Waals surface area contributed by atoms with E-state index in [4.69, 9.17) is 9.47 Å². The number of ether oxygens (including phenoxy) is 2. The molecule has 0 unspecified atom stereocenters. The van der Waals surface area contributed by atoms with E-state index in [0.717, 1.165) is 0 Å². The zero-order chi connectivity index (χ0) is 23.0. The standard InChI is InChI=1S/C23H26FN3O4S/c1-13-10-26(11-14(2)31-13)19(28)9-18-12-32-23-25-15(3)20(22(29)30-4)21(27(18)23)16-6-5-7-17(24)8-16/h5-8,12-14,21H,9-11H2,1-4H3/t13-,14-,21+/m0/s1. The summed E-state index contributed by atoms with van der Waals surface area (Å²) in [4.78, 5) is 34.1. The van der Waals surface area contributed by atoms with Crippen LogP contribution in [0.5, 0.6) is 0 Å². The number of methoxy groups -OCH3 is 1. The number of fused-ring (bicyclic) bond motifs is 1. The van der Waals surface area contributed by atoms with Gasteiger partial charge in [0.1, 0.15) is 5.82 Å². The molecular weight excluding hydrogens is 433 g/mol. The number of rotatable bonds is 4. The lowest BCUT2D eigenvalue weighted by Crippen LogP contribution is -2.48. The molecule has 0 spiro atoms. The second-order valence-corrected chi connectivity index (χ2v) is 9.01. The van der Waals surface area contributed by atoms with Crippen LogP contribution >= 0.6 is 11.8 Å². The van der Waals surface area contributed by atoms with Crippen molar-refractivity contribution in [2.45, 2.75) is 45.4 Å². The SMILES string of the molecule is COC(=O)C1=C(C)N=C2SC=C(CC(=O)N3C[C@H](C)O[C@@H](C)C3)N2[C@@H]1c1cccc(F)c1. The molecule has 4 rings (SSSR count). The molecule has 0 saturated carbocycles. The van der Waals surface area contributed by atoms with E-state index in [1.165, 1.54) is 31.0 Å². The number of thioether (sulfide) groups is 1. The molecule has 7 nitrogen and oxygen atoms in total. The van der Waals surface area contributed by atoms with Crippen molar-refractivity contribution >= 4 is 28.8 Å². The molecule has 9 heteroatoms. The number of nitrogens with zero attached hydrogens (tertiary/aromatic N) is 3. The fraction of sp³-hybridized carbons (Fsp3) is 0.435. The van der Waals surface area contributed by atoms with Gasteiger partial charge in [0.2, 0.25) is 5.91 Å². The van der Waals surface area contributed by atoms with Gasteiger partial charge >= 0.3 is 5.97 Å². The van der Waals surface area contributed by atoms with Gasteiger partial charge in [0.25, 0.3) is 0 Å². The molecule has 1 saturated heterocycles. The lowest BCUT2D eigenvalue weighted by molar-refractivity contribution is -0.142. The largest absolute Gasteiger partial charge is 0.466 e. The summed E-state index contributed by atoms with van der Waals surface area (Å²) in [5, 5.41) is 2.53. The van der Waals surface area contributed by atoms with Gasteiger partial charge in [-0.1, -0.05) is 23.9 Å². The predicted molar refractivity (Wildman–Crippen MR) is 120 cm³/mol. The molecule has 32 heavy (non-hydrogen) atoms. The van der Waals surface area contributed by atoms with Crippen LogP contribution in [0.1, 0.15) is 38.8 Å². The highest BCUT2D eigenvalue weighted by Crippen LogP contribution is 2.45. The van der Waals surface area contributed by atoms with Gasteiger partial charge < -0.3 is 19.3 Å². The van der Waals surface area contributed by atoms with Gasteiger partial charge in [-0.2, -0.15) is 0 Å². The number of allylic oxidation sites excluding steroid dienone is 1. The average Bonchev–Trinajstić information content (AvgIpc) is 3.13. The molecule has 3 aliphatic heterocycles. The van der Waals surface area contributed by atoms with Gasteiger partial charge in [-0.3, -0.25) is 4.79 Å². The highest BCUT2D eigenvalue weighted by molar-refractivity contribution is 8.16. The van der Waals surface area contributed by atoms with Crippen molar-refractivity contribution in [2.75, 3.05) is 20.2 Å². The van der Waals surface area contributed by atoms with Gasteiger partial charge in [0.15, 0.2) is 5.17 Å². The summed E-state index contributed by atoms with van der Waals surface area (Å²) in [7, 11) is 1.31. The lowest BCUT2D eigenvalue weighted by Gasteiger charge is -2.38. The molecule has 3 aliphatic rings. The Balaban J connectivity index is 1.67. The van der Waals surface area contributed by atoms with Crippen molar-refractivity contribution in [3.63, 3.8) is 0 Å². The van der Waals surface area contributed by atoms with Crippen LogP contribution in [0.2, 0.25) is 0 Å². The minimum atomic E-state index is -0.637. The fourth-order valence-corrected chi connectivity index (χ4v) is 5.35. The van der Waals surface area contributed by atoms with Gasteiger partial charge in [-0.15, -0.1) is 0 Å². The first-order valence-electron chi connectivity index (χ1n) is 10.5. The van der Waals surface area contributed by atoms with Crippen molar-refractivity contribution in [3.8, 4) is 0 Å². The summed E-state index contributed by atoms with van der Waals surface area (Å²) in [6, 6.07) is 5.49. The Morgan fingerprint density at radius 1 is 1.28 bits per heavy atom. The van der Waals surface area contributed by atoms with E-state index in [2.05, 4.69) is 4.99 Å². The van der Waals surface area contributed by atoms with Crippen LogP contribution in [0.3, 0.4) is 0 Å². The highest BCUT2D eigenvalue weighted by atomic mass is 32.2. The van der Waals surface area contributed by atoms with Crippen LogP contribution in [0, 0.1) is 5.82 Å². The molecule has 1 amide bonds. The summed E-state index contributed by atoms with van der Waals surface area (Å²) < 4.78 is 24.9. The Morgan fingerprint density at radius 3 is 2.66 bits per heavy atom. The molecule has 0 radical (unpaired) electrons. The number of carbonyl (C=O) groups excluding carboxylic acids is 2. The van der Waals surface area contributed by atoms with E-state index in [-0.39, 0.29) is 24.5 Å². The maximum absolute atomic E-state index is 14.1. The van der Waals surface area contributed by atoms with E-state index < -0.39 is 17.8 Å². The number of benzene rings is 1. The number of carbonyl (C=O) groups is 2. The number of morpholine rings is 1. The Bertz CT molecular complexity index is 1030. The fourth-order valence-electron chi connectivity index (χ4n) is 4.38. The zero-order valence-electron chi connectivity index (χ0n) is 18.5. The molecule has 0 bridgehead atoms. The molecule has 0 N–H and O–H groups in total. The smallest absolute Gasteiger partial charge is 0.338 e. The summed E-state index contributed by atoms with van der Waals surface area (Å²) in [6.45, 7) is 6.70. The number of amidine groups is 1. The van der Waals surface area contributed by atoms with Crippen molar-refractivity contribution in [1.29, 1.82) is 0 Å². The molecular formula is C23H26FN3O4S. The van der Waals surface area contributed by atoms with Crippen LogP contribution in [0.4, 0.5) is 4.39 Å². The number of esters is 1. The van der Waals surface area contributed by atoms with Crippen molar-refractivity contribution in [3.05, 3.63) is 58.0 Å². The second-order valence-electron chi connectivity index (χ2n) is 8.17. The molecule has 0 aromatic heterocycles. The quantitative estimate of drug-likeness (QED) is 0.641. The monoisotopic (exact) mass is 459 g/mol. The van der Waals surface area contributed by atoms with Crippen LogP contribution in [0.15, 0.2) is 51.6 Å². The summed E-state index contributed by atoms with van der Waals surface area (Å²) in [5.41, 5.74) is 2.15. The number of aliphatic imine (C=N–C) groups is 1. The molecule has 1 aromatic carbocycles. The molecule has 170 valence electrons. The van der Waals surface area contributed by atoms with Crippen molar-refractivity contribution in [2.24, 2.45) is 4.99 Å². The number of amides is 1. The molecule has 0 aliphatic carbocycles. The number of hydrogen-bond donors (Lipinski definition) is 0. The topological polar surface area (TPSA) is 71.4 Å². The van der Waals surface area contributed by atoms with Crippen molar-refractivity contribution in [1.82, 2.24) is 9.80 Å². The third-order valence-corrected chi connectivity index (χ3v) is 6.56. The Labute approximate surface area is 190 Å². The summed E-state index contributed by atoms with van der Waals surface area (Å²) in [6.07, 6.45) is 0.0849. The normalized spacial score (nSPS) is 25.3. The van der Waals surface area contributed by atoms with Crippen LogP contribution in [0.25, 0.3) is 0 Å². The van der Waals surface area contributed by atoms with E-state index in [0.29, 0.717) is 40.8 Å². The molecule has 3 atom stereocenters. The highest BCUT2D eigenvalue weighted by Gasteiger charge is 2.41. The number of halogens is 1. The van der Waals surface area contributed by atoms with E-state index in [9.17, 15) is 14.0 Å². The maximum atomic E-state index is 14.1. The first-order chi connectivity index (χ1) is 15.3. The van der Waals surface area contributed by atoms with Crippen LogP contribution < -0.4 is 0 Å². The zero-order valence-corrected chi connectivity index (χ0v) is 19.3. The third kappa shape index (κ3) is 4.31. The van der Waals surface area contributed by atoms with Crippen LogP contribution in [-0.4, -0.2) is 59.3 Å². The van der Waals surface area contributed by atoms with Gasteiger partial charge in [-0.25, -0.2) is 14.2 Å². The van der Waals surface area contributed by atoms with Crippen LogP contribution in [-0.2, 0) is 19.1 Å². The molecule has 3 heterocycles. The average molecular weight is 460 g/mol. The second kappa shape index (κ2) is 9.07. The van der Waals surface area contributed by atoms with E-state index in [1.54, 1.807) is 19.1 Å². The summed E-state index contributed by atoms with van der Waals surface area (Å²) in [5.74, 6) is -0.958. The first kappa shape index (κ1) is 22.5. The molecule has 1 fully saturated rings. The maximum Gasteiger partial charge on any atom is 0.338 e. The van der Waals surface area contributed by atoms with E-state index >= 15 is 0 Å². The van der Waals surface area contributed by atoms with Gasteiger partial charge in [0.05, 0.1) is 43.1 Å². The summed E-state index contributed by atoms with van der Waals surface area (Å²) >= 11 is 1.39. The van der Waals surface area contributed by atoms with E-state index in [1.807, 2.05) is 29.1 Å². The Hall–Kier alpha value is -2.65. The predicted octanol–water partition coefficient (Wildman–Crippen LogP) is 3.60. The molecule has 1 aromatic rings. The first-order valence-corrected chi connectivity index (χ1v) is 11.4. The Morgan fingerprint density at radius 2 is 2.00 bits per heavy atom. The minimum absolute atomic E-state index is 0.0241. The van der Waals surface area contributed by atoms with Crippen molar-refractivity contribution < 1.29 is 23.5 Å². The minimum Gasteiger partial charge on any atom is -0.466 e. The number of hydrogen-bond acceptors (Lipinski definition) is 7. The third-order valence-electron chi connectivity index (χ3n) is 5.68. The lowest BCUT2D eigenvalue weighted by atomic mass is 9.93.